The number of nitro groups is 1. The Labute approximate surface area is 149 Å². The molecule has 3 rings (SSSR count). The first-order valence-corrected chi connectivity index (χ1v) is 7.72. The van der Waals surface area contributed by atoms with Crippen LogP contribution in [-0.2, 0) is 0 Å². The van der Waals surface area contributed by atoms with Crippen LogP contribution in [0.3, 0.4) is 0 Å². The van der Waals surface area contributed by atoms with Crippen LogP contribution >= 0.6 is 15.9 Å². The van der Waals surface area contributed by atoms with Gasteiger partial charge in [0.15, 0.2) is 0 Å². The highest BCUT2D eigenvalue weighted by Gasteiger charge is 2.24. The summed E-state index contributed by atoms with van der Waals surface area (Å²) in [4.78, 5) is 22.5. The number of hydrogen-bond donors (Lipinski definition) is 2. The minimum absolute atomic E-state index is 0.0342. The molecule has 0 saturated carbocycles. The second-order valence-electron chi connectivity index (χ2n) is 4.79. The van der Waals surface area contributed by atoms with E-state index in [1.54, 1.807) is 24.4 Å². The number of aromatic nitrogens is 3. The zero-order valence-electron chi connectivity index (χ0n) is 12.5. The average Bonchev–Trinajstić information content (AvgIpc) is 2.58. The second-order valence-corrected chi connectivity index (χ2v) is 5.71. The standard InChI is InChI=1S/C15H10BrFN6O2/c16-9-3-4-12(11(17)6-9)22-15-13(23(24)25)14(19-8-20-15)21-10-2-1-5-18-7-10/h1-8H,(H2,19,20,21,22). The Bertz CT molecular complexity index is 925. The molecule has 0 aliphatic carbocycles. The van der Waals surface area contributed by atoms with Crippen molar-refractivity contribution in [3.63, 3.8) is 0 Å². The fourth-order valence-corrected chi connectivity index (χ4v) is 2.36. The molecule has 0 atom stereocenters. The van der Waals surface area contributed by atoms with Gasteiger partial charge in [0.1, 0.15) is 12.1 Å². The molecule has 10 heteroatoms. The third kappa shape index (κ3) is 3.86. The molecule has 0 radical (unpaired) electrons. The van der Waals surface area contributed by atoms with Crippen molar-refractivity contribution in [2.24, 2.45) is 0 Å². The molecule has 0 unspecified atom stereocenters. The Morgan fingerprint density at radius 2 is 1.92 bits per heavy atom. The van der Waals surface area contributed by atoms with E-state index in [9.17, 15) is 14.5 Å². The van der Waals surface area contributed by atoms with Crippen LogP contribution in [-0.4, -0.2) is 19.9 Å². The van der Waals surface area contributed by atoms with Gasteiger partial charge in [0.2, 0.25) is 11.6 Å². The van der Waals surface area contributed by atoms with Gasteiger partial charge in [0.25, 0.3) is 0 Å². The molecule has 0 amide bonds. The van der Waals surface area contributed by atoms with E-state index in [1.807, 2.05) is 0 Å². The van der Waals surface area contributed by atoms with Crippen molar-refractivity contribution in [3.05, 3.63) is 69.5 Å². The highest BCUT2D eigenvalue weighted by molar-refractivity contribution is 9.10. The van der Waals surface area contributed by atoms with Crippen LogP contribution in [0.5, 0.6) is 0 Å². The van der Waals surface area contributed by atoms with E-state index >= 15 is 0 Å². The molecular weight excluding hydrogens is 395 g/mol. The van der Waals surface area contributed by atoms with E-state index in [0.717, 1.165) is 6.33 Å². The Morgan fingerprint density at radius 1 is 1.16 bits per heavy atom. The number of halogens is 2. The van der Waals surface area contributed by atoms with Gasteiger partial charge in [-0.2, -0.15) is 0 Å². The number of pyridine rings is 1. The van der Waals surface area contributed by atoms with Gasteiger partial charge >= 0.3 is 5.69 Å². The summed E-state index contributed by atoms with van der Waals surface area (Å²) in [5.41, 5.74) is 0.163. The van der Waals surface area contributed by atoms with Gasteiger partial charge in [-0.25, -0.2) is 14.4 Å². The number of rotatable bonds is 5. The Hall–Kier alpha value is -3.14. The second kappa shape index (κ2) is 7.18. The minimum Gasteiger partial charge on any atom is -0.333 e. The zero-order chi connectivity index (χ0) is 17.8. The number of hydrogen-bond acceptors (Lipinski definition) is 7. The van der Waals surface area contributed by atoms with Crippen molar-refractivity contribution in [1.29, 1.82) is 0 Å². The van der Waals surface area contributed by atoms with E-state index in [0.29, 0.717) is 10.2 Å². The molecule has 0 fully saturated rings. The molecule has 2 heterocycles. The first-order valence-electron chi connectivity index (χ1n) is 6.93. The van der Waals surface area contributed by atoms with E-state index in [-0.39, 0.29) is 17.3 Å². The van der Waals surface area contributed by atoms with E-state index in [4.69, 9.17) is 0 Å². The van der Waals surface area contributed by atoms with Crippen molar-refractivity contribution in [2.75, 3.05) is 10.6 Å². The summed E-state index contributed by atoms with van der Waals surface area (Å²) in [7, 11) is 0. The predicted molar refractivity (Wildman–Crippen MR) is 93.6 cm³/mol. The number of anilines is 4. The van der Waals surface area contributed by atoms with Gasteiger partial charge in [-0.05, 0) is 30.3 Å². The van der Waals surface area contributed by atoms with Crippen molar-refractivity contribution in [3.8, 4) is 0 Å². The van der Waals surface area contributed by atoms with Gasteiger partial charge in [-0.15, -0.1) is 0 Å². The summed E-state index contributed by atoms with van der Waals surface area (Å²) in [6.07, 6.45) is 4.21. The highest BCUT2D eigenvalue weighted by Crippen LogP contribution is 2.33. The van der Waals surface area contributed by atoms with Crippen molar-refractivity contribution >= 4 is 44.6 Å². The van der Waals surface area contributed by atoms with Gasteiger partial charge < -0.3 is 10.6 Å². The molecule has 0 saturated heterocycles. The van der Waals surface area contributed by atoms with Crippen molar-refractivity contribution < 1.29 is 9.31 Å². The molecule has 126 valence electrons. The molecule has 2 aromatic heterocycles. The maximum Gasteiger partial charge on any atom is 0.353 e. The van der Waals surface area contributed by atoms with Crippen LogP contribution < -0.4 is 10.6 Å². The van der Waals surface area contributed by atoms with Crippen molar-refractivity contribution in [2.45, 2.75) is 0 Å². The fraction of sp³-hybridized carbons (Fsp3) is 0. The van der Waals surface area contributed by atoms with E-state index in [2.05, 4.69) is 41.5 Å². The van der Waals surface area contributed by atoms with Crippen LogP contribution in [0.25, 0.3) is 0 Å². The number of benzene rings is 1. The quantitative estimate of drug-likeness (QED) is 0.485. The Balaban J connectivity index is 1.99. The van der Waals surface area contributed by atoms with E-state index < -0.39 is 16.4 Å². The molecular formula is C15H10BrFN6O2. The molecule has 0 aliphatic rings. The lowest BCUT2D eigenvalue weighted by molar-refractivity contribution is -0.383. The number of nitrogens with zero attached hydrogens (tertiary/aromatic N) is 4. The lowest BCUT2D eigenvalue weighted by Gasteiger charge is -2.10. The largest absolute Gasteiger partial charge is 0.353 e. The summed E-state index contributed by atoms with van der Waals surface area (Å²) >= 11 is 3.15. The van der Waals surface area contributed by atoms with Gasteiger partial charge in [-0.1, -0.05) is 15.9 Å². The number of nitrogens with one attached hydrogen (secondary N) is 2. The average molecular weight is 405 g/mol. The smallest absolute Gasteiger partial charge is 0.333 e. The van der Waals surface area contributed by atoms with Crippen molar-refractivity contribution in [1.82, 2.24) is 15.0 Å². The summed E-state index contributed by atoms with van der Waals surface area (Å²) in [5, 5.41) is 16.9. The molecule has 25 heavy (non-hydrogen) atoms. The fourth-order valence-electron chi connectivity index (χ4n) is 2.03. The minimum atomic E-state index is -0.641. The summed E-state index contributed by atoms with van der Waals surface area (Å²) in [5.74, 6) is -0.746. The predicted octanol–water partition coefficient (Wildman–Crippen LogP) is 4.17. The SMILES string of the molecule is O=[N+]([O-])c1c(Nc2cccnc2)ncnc1Nc1ccc(Br)cc1F. The summed E-state index contributed by atoms with van der Waals surface area (Å²) in [6, 6.07) is 7.64. The third-order valence-electron chi connectivity index (χ3n) is 3.11. The topological polar surface area (TPSA) is 106 Å². The molecule has 3 aromatic rings. The van der Waals surface area contributed by atoms with Gasteiger partial charge in [0, 0.05) is 10.7 Å². The first-order chi connectivity index (χ1) is 12.0. The lowest BCUT2D eigenvalue weighted by atomic mass is 10.3. The van der Waals surface area contributed by atoms with Gasteiger partial charge in [0.05, 0.1) is 22.5 Å². The van der Waals surface area contributed by atoms with Gasteiger partial charge in [-0.3, -0.25) is 15.1 Å². The summed E-state index contributed by atoms with van der Waals surface area (Å²) in [6.45, 7) is 0. The molecule has 0 aliphatic heterocycles. The Kier molecular flexibility index (Phi) is 4.80. The molecule has 8 nitrogen and oxygen atoms in total. The monoisotopic (exact) mass is 404 g/mol. The molecule has 0 bridgehead atoms. The van der Waals surface area contributed by atoms with Crippen LogP contribution in [0, 0.1) is 15.9 Å². The lowest BCUT2D eigenvalue weighted by Crippen LogP contribution is -2.06. The first kappa shape index (κ1) is 16.7. The zero-order valence-corrected chi connectivity index (χ0v) is 14.1. The van der Waals surface area contributed by atoms with Crippen LogP contribution in [0.1, 0.15) is 0 Å². The maximum atomic E-state index is 14.0. The summed E-state index contributed by atoms with van der Waals surface area (Å²) < 4.78 is 14.5. The van der Waals surface area contributed by atoms with Crippen LogP contribution in [0.4, 0.5) is 33.1 Å². The highest BCUT2D eigenvalue weighted by atomic mass is 79.9. The molecule has 2 N–H and O–H groups in total. The maximum absolute atomic E-state index is 14.0. The van der Waals surface area contributed by atoms with Crippen LogP contribution in [0.2, 0.25) is 0 Å². The third-order valence-corrected chi connectivity index (χ3v) is 3.61. The van der Waals surface area contributed by atoms with Crippen LogP contribution in [0.15, 0.2) is 53.5 Å². The normalized spacial score (nSPS) is 10.3. The molecule has 0 spiro atoms. The Morgan fingerprint density at radius 3 is 2.56 bits per heavy atom. The molecule has 1 aromatic carbocycles. The van der Waals surface area contributed by atoms with E-state index in [1.165, 1.54) is 18.3 Å².